The molecule has 1 saturated carbocycles. The van der Waals surface area contributed by atoms with Crippen molar-refractivity contribution in [1.29, 1.82) is 0 Å². The van der Waals surface area contributed by atoms with Gasteiger partial charge in [-0.1, -0.05) is 17.3 Å². The summed E-state index contributed by atoms with van der Waals surface area (Å²) in [4.78, 5) is 28.5. The quantitative estimate of drug-likeness (QED) is 0.320. The molecule has 0 N–H and O–H groups in total. The molecule has 2 heterocycles. The molecule has 4 rings (SSSR count). The number of benzene rings is 1. The average Bonchev–Trinajstić information content (AvgIpc) is 3.40. The van der Waals surface area contributed by atoms with E-state index in [1.54, 1.807) is 24.3 Å². The molecule has 1 aliphatic heterocycles. The fourth-order valence-corrected chi connectivity index (χ4v) is 4.05. The van der Waals surface area contributed by atoms with Crippen molar-refractivity contribution in [3.63, 3.8) is 0 Å². The Labute approximate surface area is 170 Å². The highest BCUT2D eigenvalue weighted by atomic mass is 16.2. The maximum atomic E-state index is 12.5. The lowest BCUT2D eigenvalue weighted by Crippen LogP contribution is -2.32. The van der Waals surface area contributed by atoms with Crippen molar-refractivity contribution in [3.05, 3.63) is 46.8 Å². The van der Waals surface area contributed by atoms with Crippen LogP contribution in [0.15, 0.2) is 24.3 Å². The van der Waals surface area contributed by atoms with Crippen LogP contribution in [0.5, 0.6) is 0 Å². The van der Waals surface area contributed by atoms with Gasteiger partial charge in [-0.05, 0) is 31.4 Å². The van der Waals surface area contributed by atoms with Gasteiger partial charge in [0.25, 0.3) is 11.8 Å². The molecule has 1 aromatic heterocycles. The van der Waals surface area contributed by atoms with Crippen LogP contribution in [-0.4, -0.2) is 81.8 Å². The molecule has 152 valence electrons. The Hall–Kier alpha value is -3.03. The van der Waals surface area contributed by atoms with E-state index in [2.05, 4.69) is 19.8 Å². The molecule has 8 nitrogen and oxygen atoms in total. The highest BCUT2D eigenvalue weighted by Crippen LogP contribution is 2.41. The monoisotopic (exact) mass is 395 g/mol. The minimum absolute atomic E-state index is 0.205. The molecule has 29 heavy (non-hydrogen) atoms. The number of amides is 2. The van der Waals surface area contributed by atoms with Crippen molar-refractivity contribution in [1.82, 2.24) is 24.8 Å². The van der Waals surface area contributed by atoms with Gasteiger partial charge in [0, 0.05) is 19.0 Å². The van der Waals surface area contributed by atoms with Gasteiger partial charge < -0.3 is 0 Å². The number of rotatable bonds is 6. The second kappa shape index (κ2) is 7.42. The first-order valence-corrected chi connectivity index (χ1v) is 10.0. The van der Waals surface area contributed by atoms with Gasteiger partial charge in [-0.2, -0.15) is 0 Å². The Kier molecular flexibility index (Phi) is 4.94. The smallest absolute Gasteiger partial charge is 0.274 e. The molecule has 1 aliphatic carbocycles. The van der Waals surface area contributed by atoms with Gasteiger partial charge in [0.2, 0.25) is 0 Å². The van der Waals surface area contributed by atoms with Crippen molar-refractivity contribution in [3.8, 4) is 0 Å². The first kappa shape index (κ1) is 19.3. The Bertz CT molecular complexity index is 963. The minimum Gasteiger partial charge on any atom is -0.274 e. The lowest BCUT2D eigenvalue weighted by atomic mass is 10.1. The molecule has 0 saturated heterocycles. The maximum Gasteiger partial charge on any atom is 0.301 e. The van der Waals surface area contributed by atoms with E-state index in [-0.39, 0.29) is 11.8 Å². The maximum absolute atomic E-state index is 12.5. The third-order valence-electron chi connectivity index (χ3n) is 5.43. The topological polar surface area (TPSA) is 74.3 Å². The van der Waals surface area contributed by atoms with Gasteiger partial charge in [0.15, 0.2) is 5.69 Å². The zero-order chi connectivity index (χ0) is 20.7. The Morgan fingerprint density at radius 2 is 1.72 bits per heavy atom. The second-order valence-electron chi connectivity index (χ2n) is 8.09. The summed E-state index contributed by atoms with van der Waals surface area (Å²) in [6.45, 7) is 1.00. The summed E-state index contributed by atoms with van der Waals surface area (Å²) in [5, 5.41) is 8.89. The van der Waals surface area contributed by atoms with Crippen molar-refractivity contribution in [2.45, 2.75) is 31.7 Å². The molecular weight excluding hydrogens is 368 g/mol. The van der Waals surface area contributed by atoms with E-state index >= 15 is 0 Å². The number of carbonyl (C=O) groups is 2. The molecule has 0 bridgehead atoms. The number of aryl methyl sites for hydroxylation is 1. The van der Waals surface area contributed by atoms with Crippen LogP contribution < -0.4 is 0 Å². The van der Waals surface area contributed by atoms with E-state index in [9.17, 15) is 9.59 Å². The number of carbonyl (C=O) groups excluding carboxylic acids is 2. The van der Waals surface area contributed by atoms with Gasteiger partial charge in [0.05, 0.1) is 45.0 Å². The molecule has 8 heteroatoms. The molecule has 1 fully saturated rings. The lowest BCUT2D eigenvalue weighted by molar-refractivity contribution is -0.469. The van der Waals surface area contributed by atoms with E-state index in [0.717, 1.165) is 30.1 Å². The molecule has 2 aromatic rings. The number of hydrogen-bond acceptors (Lipinski definition) is 4. The van der Waals surface area contributed by atoms with Crippen LogP contribution in [-0.2, 0) is 6.54 Å². The molecule has 2 aliphatic rings. The molecule has 2 amide bonds. The summed E-state index contributed by atoms with van der Waals surface area (Å²) in [7, 11) is 8.03. The number of imide groups is 1. The molecule has 0 unspecified atom stereocenters. The largest absolute Gasteiger partial charge is 0.301 e. The third-order valence-corrected chi connectivity index (χ3v) is 5.43. The first-order valence-electron chi connectivity index (χ1n) is 10.0. The van der Waals surface area contributed by atoms with Crippen LogP contribution in [0, 0.1) is 0 Å². The Morgan fingerprint density at radius 3 is 2.24 bits per heavy atom. The summed E-state index contributed by atoms with van der Waals surface area (Å²) >= 11 is 0. The van der Waals surface area contributed by atoms with Crippen LogP contribution in [0.2, 0.25) is 0 Å². The summed E-state index contributed by atoms with van der Waals surface area (Å²) in [6, 6.07) is 7.00. The van der Waals surface area contributed by atoms with Crippen LogP contribution in [0.3, 0.4) is 0 Å². The highest BCUT2D eigenvalue weighted by Gasteiger charge is 2.37. The lowest BCUT2D eigenvalue weighted by Gasteiger charge is -2.14. The summed E-state index contributed by atoms with van der Waals surface area (Å²) in [5.41, 5.74) is 3.07. The molecular formula is C21H27N6O2+. The fourth-order valence-electron chi connectivity index (χ4n) is 4.05. The number of nitrogens with zero attached hydrogens (tertiary/aromatic N) is 6. The fraction of sp³-hybridized carbons (Fsp3) is 0.476. The molecule has 0 radical (unpaired) electrons. The number of aromatic nitrogens is 3. The summed E-state index contributed by atoms with van der Waals surface area (Å²) in [5.74, 6) is 1.10. The van der Waals surface area contributed by atoms with Crippen LogP contribution in [0.1, 0.15) is 57.3 Å². The number of fused-ring (bicyclic) bond motifs is 1. The van der Waals surface area contributed by atoms with Crippen molar-refractivity contribution in [2.75, 3.05) is 34.7 Å². The van der Waals surface area contributed by atoms with Crippen molar-refractivity contribution < 1.29 is 14.2 Å². The zero-order valence-electron chi connectivity index (χ0n) is 17.4. The average molecular weight is 395 g/mol. The molecule has 0 spiro atoms. The Morgan fingerprint density at radius 1 is 1.10 bits per heavy atom. The van der Waals surface area contributed by atoms with Gasteiger partial charge >= 0.3 is 5.84 Å². The van der Waals surface area contributed by atoms with E-state index in [1.807, 2.05) is 32.9 Å². The van der Waals surface area contributed by atoms with Gasteiger partial charge in [-0.3, -0.25) is 24.0 Å². The molecule has 1 aromatic carbocycles. The highest BCUT2D eigenvalue weighted by molar-refractivity contribution is 6.21. The second-order valence-corrected chi connectivity index (χ2v) is 8.09. The van der Waals surface area contributed by atoms with E-state index in [4.69, 9.17) is 0 Å². The van der Waals surface area contributed by atoms with Crippen LogP contribution >= 0.6 is 0 Å². The van der Waals surface area contributed by atoms with Crippen molar-refractivity contribution >= 4 is 17.6 Å². The number of hydrogen-bond donors (Lipinski definition) is 0. The van der Waals surface area contributed by atoms with E-state index in [0.29, 0.717) is 36.6 Å². The first-order chi connectivity index (χ1) is 13.9. The molecule has 0 atom stereocenters. The Balaban J connectivity index is 1.50. The SMILES string of the molecule is CN(C)C(c1nnn(CCCN2C(=O)c3ccccc3C2=O)c1C1CC1)=[N+](C)C. The summed E-state index contributed by atoms with van der Waals surface area (Å²) in [6.07, 6.45) is 2.94. The third kappa shape index (κ3) is 3.43. The van der Waals surface area contributed by atoms with E-state index in [1.165, 1.54) is 4.90 Å². The standard InChI is InChI=1S/C21H27N6O2/c1-24(2)19(25(3)4)17-18(14-10-11-14)27(23-22-17)13-7-12-26-20(28)15-8-5-6-9-16(15)21(26)29/h5-6,8-9,14H,7,10-13H2,1-4H3/q+1. The van der Waals surface area contributed by atoms with Crippen molar-refractivity contribution in [2.24, 2.45) is 0 Å². The zero-order valence-corrected chi connectivity index (χ0v) is 17.4. The predicted molar refractivity (Wildman–Crippen MR) is 108 cm³/mol. The van der Waals surface area contributed by atoms with Crippen LogP contribution in [0.25, 0.3) is 0 Å². The van der Waals surface area contributed by atoms with Gasteiger partial charge in [0.1, 0.15) is 0 Å². The summed E-state index contributed by atoms with van der Waals surface area (Å²) < 4.78 is 4.01. The number of amidine groups is 1. The van der Waals surface area contributed by atoms with Gasteiger partial charge in [-0.15, -0.1) is 5.10 Å². The van der Waals surface area contributed by atoms with Gasteiger partial charge in [-0.25, -0.2) is 4.68 Å². The predicted octanol–water partition coefficient (Wildman–Crippen LogP) is 1.42. The van der Waals surface area contributed by atoms with E-state index < -0.39 is 0 Å². The normalized spacial score (nSPS) is 15.7. The van der Waals surface area contributed by atoms with Crippen LogP contribution in [0.4, 0.5) is 0 Å². The minimum atomic E-state index is -0.205.